The van der Waals surface area contributed by atoms with E-state index in [1.165, 1.54) is 24.3 Å². The standard InChI is InChI=1S/C22H20ClFN4O2/c23-15-5-3-14(4-6-15)18-12-26-22(25)27-21(18)19-2-1-11-28(19)20(29)13-30-17-9-7-16(24)8-10-17/h3-10,12,19H,1-2,11,13H2,(H2,25,26,27)/t19-/m1/s1. The van der Waals surface area contributed by atoms with Crippen molar-refractivity contribution >= 4 is 23.5 Å². The van der Waals surface area contributed by atoms with Gasteiger partial charge in [0.05, 0.1) is 11.7 Å². The van der Waals surface area contributed by atoms with E-state index in [2.05, 4.69) is 9.97 Å². The highest BCUT2D eigenvalue weighted by molar-refractivity contribution is 6.30. The van der Waals surface area contributed by atoms with Crippen LogP contribution in [0.3, 0.4) is 0 Å². The van der Waals surface area contributed by atoms with E-state index < -0.39 is 0 Å². The SMILES string of the molecule is Nc1ncc(-c2ccc(Cl)cc2)c([C@H]2CCCN2C(=O)COc2ccc(F)cc2)n1. The van der Waals surface area contributed by atoms with Gasteiger partial charge in [-0.15, -0.1) is 0 Å². The highest BCUT2D eigenvalue weighted by atomic mass is 35.5. The number of rotatable bonds is 5. The van der Waals surface area contributed by atoms with Crippen molar-refractivity contribution in [2.24, 2.45) is 0 Å². The first-order valence-electron chi connectivity index (χ1n) is 9.57. The molecule has 4 rings (SSSR count). The van der Waals surface area contributed by atoms with Gasteiger partial charge in [-0.25, -0.2) is 14.4 Å². The molecule has 154 valence electrons. The zero-order chi connectivity index (χ0) is 21.1. The lowest BCUT2D eigenvalue weighted by atomic mass is 10.00. The highest BCUT2D eigenvalue weighted by Crippen LogP contribution is 2.37. The first kappa shape index (κ1) is 20.1. The molecule has 1 aliphatic heterocycles. The Morgan fingerprint density at radius 3 is 2.67 bits per heavy atom. The number of nitrogens with zero attached hydrogens (tertiary/aromatic N) is 3. The van der Waals surface area contributed by atoms with Crippen LogP contribution in [-0.2, 0) is 4.79 Å². The molecule has 3 aromatic rings. The Bertz CT molecular complexity index is 1040. The van der Waals surface area contributed by atoms with Crippen LogP contribution in [0.2, 0.25) is 5.02 Å². The number of hydrogen-bond donors (Lipinski definition) is 1. The van der Waals surface area contributed by atoms with Gasteiger partial charge >= 0.3 is 0 Å². The van der Waals surface area contributed by atoms with Crippen LogP contribution < -0.4 is 10.5 Å². The number of carbonyl (C=O) groups is 1. The molecule has 1 atom stereocenters. The predicted molar refractivity (Wildman–Crippen MR) is 112 cm³/mol. The van der Waals surface area contributed by atoms with Crippen LogP contribution in [0, 0.1) is 5.82 Å². The van der Waals surface area contributed by atoms with Gasteiger partial charge in [0, 0.05) is 23.3 Å². The van der Waals surface area contributed by atoms with Crippen molar-refractivity contribution in [2.75, 3.05) is 18.9 Å². The minimum absolute atomic E-state index is 0.140. The van der Waals surface area contributed by atoms with Gasteiger partial charge in [0.15, 0.2) is 6.61 Å². The lowest BCUT2D eigenvalue weighted by molar-refractivity contribution is -0.134. The fourth-order valence-corrected chi connectivity index (χ4v) is 3.75. The normalized spacial score (nSPS) is 15.9. The summed E-state index contributed by atoms with van der Waals surface area (Å²) < 4.78 is 18.6. The average Bonchev–Trinajstić information content (AvgIpc) is 3.24. The third kappa shape index (κ3) is 4.36. The number of anilines is 1. The zero-order valence-electron chi connectivity index (χ0n) is 16.1. The molecule has 2 heterocycles. The summed E-state index contributed by atoms with van der Waals surface area (Å²) in [6, 6.07) is 12.7. The number of aromatic nitrogens is 2. The molecule has 6 nitrogen and oxygen atoms in total. The van der Waals surface area contributed by atoms with E-state index in [4.69, 9.17) is 22.1 Å². The topological polar surface area (TPSA) is 81.3 Å². The minimum atomic E-state index is -0.357. The Balaban J connectivity index is 1.57. The summed E-state index contributed by atoms with van der Waals surface area (Å²) in [5.74, 6) is 0.0728. The first-order valence-corrected chi connectivity index (χ1v) is 9.95. The van der Waals surface area contributed by atoms with E-state index in [-0.39, 0.29) is 30.3 Å². The number of hydrogen-bond acceptors (Lipinski definition) is 5. The Kier molecular flexibility index (Phi) is 5.81. The number of ether oxygens (including phenoxy) is 1. The van der Waals surface area contributed by atoms with E-state index in [0.717, 1.165) is 24.0 Å². The predicted octanol–water partition coefficient (Wildman–Crippen LogP) is 4.26. The fraction of sp³-hybridized carbons (Fsp3) is 0.227. The number of nitrogens with two attached hydrogens (primary N) is 1. The second kappa shape index (κ2) is 8.67. The largest absolute Gasteiger partial charge is 0.484 e. The smallest absolute Gasteiger partial charge is 0.261 e. The van der Waals surface area contributed by atoms with Crippen LogP contribution in [0.5, 0.6) is 5.75 Å². The third-order valence-corrected chi connectivity index (χ3v) is 5.31. The highest BCUT2D eigenvalue weighted by Gasteiger charge is 2.33. The van der Waals surface area contributed by atoms with Crippen molar-refractivity contribution in [3.05, 3.63) is 71.3 Å². The van der Waals surface area contributed by atoms with Gasteiger partial charge in [0.25, 0.3) is 5.91 Å². The van der Waals surface area contributed by atoms with E-state index in [0.29, 0.717) is 23.0 Å². The van der Waals surface area contributed by atoms with Gasteiger partial charge in [0.1, 0.15) is 11.6 Å². The van der Waals surface area contributed by atoms with Crippen molar-refractivity contribution in [1.29, 1.82) is 0 Å². The molecule has 0 unspecified atom stereocenters. The molecule has 1 saturated heterocycles. The number of amides is 1. The zero-order valence-corrected chi connectivity index (χ0v) is 16.8. The molecule has 0 spiro atoms. The number of carbonyl (C=O) groups excluding carboxylic acids is 1. The summed E-state index contributed by atoms with van der Waals surface area (Å²) in [4.78, 5) is 23.2. The molecule has 0 radical (unpaired) electrons. The Morgan fingerprint density at radius 1 is 1.20 bits per heavy atom. The second-order valence-corrected chi connectivity index (χ2v) is 7.46. The summed E-state index contributed by atoms with van der Waals surface area (Å²) in [7, 11) is 0. The third-order valence-electron chi connectivity index (χ3n) is 5.06. The Morgan fingerprint density at radius 2 is 1.93 bits per heavy atom. The van der Waals surface area contributed by atoms with Gasteiger partial charge < -0.3 is 15.4 Å². The number of halogens is 2. The Hall–Kier alpha value is -3.19. The van der Waals surface area contributed by atoms with Crippen molar-refractivity contribution in [3.8, 4) is 16.9 Å². The van der Waals surface area contributed by atoms with Crippen molar-refractivity contribution in [2.45, 2.75) is 18.9 Å². The van der Waals surface area contributed by atoms with E-state index in [1.807, 2.05) is 12.1 Å². The molecule has 1 fully saturated rings. The number of benzene rings is 2. The summed E-state index contributed by atoms with van der Waals surface area (Å²) in [5, 5.41) is 0.632. The monoisotopic (exact) mass is 426 g/mol. The van der Waals surface area contributed by atoms with Gasteiger partial charge in [-0.3, -0.25) is 4.79 Å². The van der Waals surface area contributed by atoms with Crippen LogP contribution >= 0.6 is 11.6 Å². The average molecular weight is 427 g/mol. The van der Waals surface area contributed by atoms with Crippen molar-refractivity contribution in [3.63, 3.8) is 0 Å². The molecular weight excluding hydrogens is 407 g/mol. The van der Waals surface area contributed by atoms with Crippen LogP contribution in [0.4, 0.5) is 10.3 Å². The molecule has 2 N–H and O–H groups in total. The Labute approximate surface area is 178 Å². The quantitative estimate of drug-likeness (QED) is 0.659. The molecule has 1 aromatic heterocycles. The molecule has 1 amide bonds. The maximum atomic E-state index is 13.0. The molecule has 1 aliphatic rings. The van der Waals surface area contributed by atoms with E-state index >= 15 is 0 Å². The summed E-state index contributed by atoms with van der Waals surface area (Å²) >= 11 is 6.01. The van der Waals surface area contributed by atoms with Crippen LogP contribution in [0.15, 0.2) is 54.7 Å². The van der Waals surface area contributed by atoms with Crippen LogP contribution in [-0.4, -0.2) is 33.9 Å². The second-order valence-electron chi connectivity index (χ2n) is 7.02. The summed E-state index contributed by atoms with van der Waals surface area (Å²) in [6.07, 6.45) is 3.28. The lowest BCUT2D eigenvalue weighted by Crippen LogP contribution is -2.35. The van der Waals surface area contributed by atoms with Gasteiger partial charge in [-0.2, -0.15) is 0 Å². The van der Waals surface area contributed by atoms with Crippen molar-refractivity contribution < 1.29 is 13.9 Å². The van der Waals surface area contributed by atoms with Gasteiger partial charge in [-0.1, -0.05) is 23.7 Å². The number of likely N-dealkylation sites (tertiary alicyclic amines) is 1. The summed E-state index contributed by atoms with van der Waals surface area (Å²) in [6.45, 7) is 0.458. The maximum Gasteiger partial charge on any atom is 0.261 e. The van der Waals surface area contributed by atoms with Gasteiger partial charge in [0.2, 0.25) is 5.95 Å². The van der Waals surface area contributed by atoms with Crippen LogP contribution in [0.25, 0.3) is 11.1 Å². The summed E-state index contributed by atoms with van der Waals surface area (Å²) in [5.41, 5.74) is 8.28. The van der Waals surface area contributed by atoms with Crippen LogP contribution in [0.1, 0.15) is 24.6 Å². The number of nitrogen functional groups attached to an aromatic ring is 1. The molecule has 0 aliphatic carbocycles. The molecule has 8 heteroatoms. The molecule has 30 heavy (non-hydrogen) atoms. The molecule has 2 aromatic carbocycles. The van der Waals surface area contributed by atoms with E-state index in [1.54, 1.807) is 23.2 Å². The lowest BCUT2D eigenvalue weighted by Gasteiger charge is -2.26. The van der Waals surface area contributed by atoms with Crippen molar-refractivity contribution in [1.82, 2.24) is 14.9 Å². The van der Waals surface area contributed by atoms with Gasteiger partial charge in [-0.05, 0) is 54.8 Å². The van der Waals surface area contributed by atoms with E-state index in [9.17, 15) is 9.18 Å². The first-order chi connectivity index (χ1) is 14.5. The fourth-order valence-electron chi connectivity index (χ4n) is 3.62. The molecule has 0 bridgehead atoms. The molecule has 0 saturated carbocycles. The maximum absolute atomic E-state index is 13.0. The minimum Gasteiger partial charge on any atom is -0.484 e. The molecular formula is C22H20ClFN4O2.